The zero-order valence-corrected chi connectivity index (χ0v) is 12.7. The quantitative estimate of drug-likeness (QED) is 0.812. The molecule has 1 fully saturated rings. The van der Waals surface area contributed by atoms with Crippen LogP contribution in [0.4, 0.5) is 5.69 Å². The molecule has 1 saturated heterocycles. The van der Waals surface area contributed by atoms with Gasteiger partial charge in [-0.3, -0.25) is 9.59 Å². The molecule has 0 bridgehead atoms. The van der Waals surface area contributed by atoms with Crippen molar-refractivity contribution in [2.24, 2.45) is 0 Å². The van der Waals surface area contributed by atoms with Gasteiger partial charge in [-0.1, -0.05) is 0 Å². The van der Waals surface area contributed by atoms with Crippen molar-refractivity contribution in [3.63, 3.8) is 0 Å². The van der Waals surface area contributed by atoms with E-state index in [0.717, 1.165) is 36.5 Å². The fourth-order valence-corrected chi connectivity index (χ4v) is 3.29. The van der Waals surface area contributed by atoms with E-state index in [4.69, 9.17) is 0 Å². The fraction of sp³-hybridized carbons (Fsp3) is 0.400. The van der Waals surface area contributed by atoms with Gasteiger partial charge in [0.2, 0.25) is 0 Å². The molecule has 0 aliphatic carbocycles. The van der Waals surface area contributed by atoms with Crippen molar-refractivity contribution >= 4 is 22.8 Å². The van der Waals surface area contributed by atoms with E-state index in [1.165, 1.54) is 16.0 Å². The largest absolute Gasteiger partial charge is 0.370 e. The predicted molar refractivity (Wildman–Crippen MR) is 83.3 cm³/mol. The maximum absolute atomic E-state index is 12.1. The van der Waals surface area contributed by atoms with Gasteiger partial charge in [-0.15, -0.1) is 11.3 Å². The predicted octanol–water partition coefficient (Wildman–Crippen LogP) is 2.10. The number of nitrogens with zero attached hydrogens (tertiary/aromatic N) is 3. The zero-order valence-electron chi connectivity index (χ0n) is 11.9. The van der Waals surface area contributed by atoms with Crippen LogP contribution in [-0.4, -0.2) is 28.7 Å². The number of anilines is 1. The van der Waals surface area contributed by atoms with Crippen LogP contribution in [0.3, 0.4) is 0 Å². The third-order valence-electron chi connectivity index (χ3n) is 3.63. The highest BCUT2D eigenvalue weighted by Gasteiger charge is 2.15. The van der Waals surface area contributed by atoms with E-state index in [0.29, 0.717) is 4.88 Å². The molecule has 0 saturated carbocycles. The minimum atomic E-state index is -0.221. The normalized spacial score (nSPS) is 14.6. The summed E-state index contributed by atoms with van der Waals surface area (Å²) in [6.45, 7) is 3.90. The lowest BCUT2D eigenvalue weighted by Gasteiger charge is -2.16. The number of carbonyl (C=O) groups excluding carboxylic acids is 1. The lowest BCUT2D eigenvalue weighted by Crippen LogP contribution is -2.28. The van der Waals surface area contributed by atoms with Crippen molar-refractivity contribution in [2.75, 3.05) is 18.0 Å². The molecule has 0 aromatic carbocycles. The molecule has 0 amide bonds. The number of carbonyl (C=O) groups is 1. The van der Waals surface area contributed by atoms with Crippen LogP contribution >= 0.6 is 11.3 Å². The fourth-order valence-electron chi connectivity index (χ4n) is 2.49. The highest BCUT2D eigenvalue weighted by atomic mass is 32.1. The second-order valence-electron chi connectivity index (χ2n) is 5.24. The Balaban J connectivity index is 1.77. The Morgan fingerprint density at radius 1 is 1.33 bits per heavy atom. The Kier molecular flexibility index (Phi) is 3.88. The molecule has 6 heteroatoms. The maximum atomic E-state index is 12.1. The molecule has 0 spiro atoms. The first-order valence-electron chi connectivity index (χ1n) is 7.05. The maximum Gasteiger partial charge on any atom is 0.269 e. The van der Waals surface area contributed by atoms with Crippen molar-refractivity contribution in [1.82, 2.24) is 9.78 Å². The molecule has 0 unspecified atom stereocenters. The van der Waals surface area contributed by atoms with Crippen molar-refractivity contribution in [3.8, 4) is 0 Å². The summed E-state index contributed by atoms with van der Waals surface area (Å²) in [5, 5.41) is 4.14. The Morgan fingerprint density at radius 3 is 2.71 bits per heavy atom. The van der Waals surface area contributed by atoms with E-state index in [1.807, 2.05) is 13.0 Å². The first kappa shape index (κ1) is 14.0. The van der Waals surface area contributed by atoms with Crippen LogP contribution in [0.1, 0.15) is 27.4 Å². The van der Waals surface area contributed by atoms with Gasteiger partial charge in [0.05, 0.1) is 16.8 Å². The molecule has 3 rings (SSSR count). The molecule has 21 heavy (non-hydrogen) atoms. The van der Waals surface area contributed by atoms with Gasteiger partial charge in [0.25, 0.3) is 5.56 Å². The molecule has 5 nitrogen and oxygen atoms in total. The monoisotopic (exact) mass is 303 g/mol. The molecule has 110 valence electrons. The third-order valence-corrected chi connectivity index (χ3v) is 4.68. The third kappa shape index (κ3) is 3.05. The van der Waals surface area contributed by atoms with Crippen LogP contribution in [0.15, 0.2) is 29.2 Å². The molecule has 0 atom stereocenters. The Hall–Kier alpha value is -1.95. The summed E-state index contributed by atoms with van der Waals surface area (Å²) in [6, 6.07) is 5.28. The van der Waals surface area contributed by atoms with E-state index in [1.54, 1.807) is 18.3 Å². The lowest BCUT2D eigenvalue weighted by molar-refractivity contribution is 0.0969. The van der Waals surface area contributed by atoms with Crippen LogP contribution in [0.2, 0.25) is 0 Å². The van der Waals surface area contributed by atoms with E-state index >= 15 is 0 Å². The molecular weight excluding hydrogens is 286 g/mol. The summed E-state index contributed by atoms with van der Waals surface area (Å²) in [7, 11) is 0. The Bertz CT molecular complexity index is 714. The van der Waals surface area contributed by atoms with E-state index in [2.05, 4.69) is 10.00 Å². The number of hydrogen-bond donors (Lipinski definition) is 0. The smallest absolute Gasteiger partial charge is 0.269 e. The highest BCUT2D eigenvalue weighted by Crippen LogP contribution is 2.18. The number of Topliss-reactive ketones (excluding diaryl/α,β-unsaturated/α-hetero) is 1. The van der Waals surface area contributed by atoms with E-state index < -0.39 is 0 Å². The standard InChI is InChI=1S/C15H17N3O2S/c1-11-4-5-14(21-11)13(19)10-18-15(20)8-12(9-16-18)17-6-2-3-7-17/h4-5,8-9H,2-3,6-7,10H2,1H3. The number of aryl methyl sites for hydroxylation is 1. The van der Waals surface area contributed by atoms with Gasteiger partial charge in [-0.25, -0.2) is 4.68 Å². The molecule has 2 aromatic heterocycles. The second-order valence-corrected chi connectivity index (χ2v) is 6.53. The van der Waals surface area contributed by atoms with E-state index in [-0.39, 0.29) is 17.9 Å². The molecule has 3 heterocycles. The van der Waals surface area contributed by atoms with Crippen molar-refractivity contribution in [1.29, 1.82) is 0 Å². The first-order valence-corrected chi connectivity index (χ1v) is 7.87. The van der Waals surface area contributed by atoms with Crippen molar-refractivity contribution < 1.29 is 4.79 Å². The van der Waals surface area contributed by atoms with E-state index in [9.17, 15) is 9.59 Å². The topological polar surface area (TPSA) is 55.2 Å². The average Bonchev–Trinajstić information content (AvgIpc) is 3.12. The highest BCUT2D eigenvalue weighted by molar-refractivity contribution is 7.14. The number of aromatic nitrogens is 2. The number of hydrogen-bond acceptors (Lipinski definition) is 5. The molecule has 0 N–H and O–H groups in total. The zero-order chi connectivity index (χ0) is 14.8. The van der Waals surface area contributed by atoms with Crippen molar-refractivity contribution in [2.45, 2.75) is 26.3 Å². The summed E-state index contributed by atoms with van der Waals surface area (Å²) in [5.41, 5.74) is 0.634. The van der Waals surface area contributed by atoms with Crippen LogP contribution in [0.5, 0.6) is 0 Å². The van der Waals surface area contributed by atoms with Gasteiger partial charge in [-0.2, -0.15) is 5.10 Å². The van der Waals surface area contributed by atoms with Crippen LogP contribution in [-0.2, 0) is 6.54 Å². The number of rotatable bonds is 4. The van der Waals surface area contributed by atoms with Gasteiger partial charge in [0.1, 0.15) is 6.54 Å². The average molecular weight is 303 g/mol. The molecule has 0 radical (unpaired) electrons. The van der Waals surface area contributed by atoms with Gasteiger partial charge < -0.3 is 4.90 Å². The lowest BCUT2D eigenvalue weighted by atomic mass is 10.3. The van der Waals surface area contributed by atoms with Gasteiger partial charge in [-0.05, 0) is 31.9 Å². The summed E-state index contributed by atoms with van der Waals surface area (Å²) in [4.78, 5) is 28.1. The Morgan fingerprint density at radius 2 is 2.10 bits per heavy atom. The summed E-state index contributed by atoms with van der Waals surface area (Å²) in [5.74, 6) is -0.0726. The first-order chi connectivity index (χ1) is 10.1. The summed E-state index contributed by atoms with van der Waals surface area (Å²) < 4.78 is 1.23. The van der Waals surface area contributed by atoms with Gasteiger partial charge in [0, 0.05) is 24.0 Å². The van der Waals surface area contributed by atoms with Crippen LogP contribution in [0.25, 0.3) is 0 Å². The SMILES string of the molecule is Cc1ccc(C(=O)Cn2ncc(N3CCCC3)cc2=O)s1. The van der Waals surface area contributed by atoms with Gasteiger partial charge >= 0.3 is 0 Å². The van der Waals surface area contributed by atoms with Crippen LogP contribution < -0.4 is 10.5 Å². The van der Waals surface area contributed by atoms with Crippen molar-refractivity contribution in [3.05, 3.63) is 44.5 Å². The molecule has 1 aliphatic rings. The Labute approximate surface area is 126 Å². The van der Waals surface area contributed by atoms with Crippen LogP contribution in [0, 0.1) is 6.92 Å². The molecular formula is C15H17N3O2S. The number of thiophene rings is 1. The van der Waals surface area contributed by atoms with Gasteiger partial charge in [0.15, 0.2) is 5.78 Å². The number of ketones is 1. The second kappa shape index (κ2) is 5.81. The summed E-state index contributed by atoms with van der Waals surface area (Å²) >= 11 is 1.44. The molecule has 2 aromatic rings. The summed E-state index contributed by atoms with van der Waals surface area (Å²) in [6.07, 6.45) is 3.98. The minimum absolute atomic E-state index is 0.000926. The minimum Gasteiger partial charge on any atom is -0.370 e. The molecule has 1 aliphatic heterocycles.